The minimum absolute atomic E-state index is 0. The number of carbonyl (C=O) groups is 2. The molecule has 0 aliphatic rings. The lowest BCUT2D eigenvalue weighted by atomic mass is 10.1. The molecule has 0 fully saturated rings. The highest BCUT2D eigenvalue weighted by atomic mass is 35.5. The van der Waals surface area contributed by atoms with E-state index in [9.17, 15) is 19.7 Å². The molecule has 3 N–H and O–H groups in total. The number of hydrogen-bond acceptors (Lipinski definition) is 8. The zero-order valence-electron chi connectivity index (χ0n) is 21.0. The molecule has 0 spiro atoms. The third kappa shape index (κ3) is 8.56. The third-order valence-corrected chi connectivity index (χ3v) is 5.01. The highest BCUT2D eigenvalue weighted by Gasteiger charge is 2.22. The van der Waals surface area contributed by atoms with Crippen LogP contribution in [0.25, 0.3) is 0 Å². The molecule has 4 aromatic carbocycles. The van der Waals surface area contributed by atoms with Crippen molar-refractivity contribution in [1.29, 1.82) is 0 Å². The summed E-state index contributed by atoms with van der Waals surface area (Å²) in [7, 11) is 2.50. The molecule has 0 amide bonds. The van der Waals surface area contributed by atoms with Gasteiger partial charge in [-0.25, -0.2) is 9.59 Å². The number of methoxy groups -OCH3 is 2. The van der Waals surface area contributed by atoms with E-state index in [1.807, 2.05) is 36.4 Å². The number of quaternary nitrogens is 1. The number of ether oxygens (including phenoxy) is 4. The van der Waals surface area contributed by atoms with E-state index in [2.05, 4.69) is 15.2 Å². The van der Waals surface area contributed by atoms with Gasteiger partial charge in [-0.3, -0.25) is 10.1 Å². The van der Waals surface area contributed by atoms with Crippen LogP contribution in [0, 0.1) is 10.1 Å². The molecule has 0 saturated carbocycles. The molecule has 0 aliphatic carbocycles. The molecule has 0 atom stereocenters. The second kappa shape index (κ2) is 14.7. The lowest BCUT2D eigenvalue weighted by molar-refractivity contribution is -0.385. The maximum Gasteiger partial charge on any atom is 0.345 e. The predicted octanol–water partition coefficient (Wildman–Crippen LogP) is 2.32. The fourth-order valence-corrected chi connectivity index (χ4v) is 3.18. The summed E-state index contributed by atoms with van der Waals surface area (Å²) in [5.41, 5.74) is 4.33. The van der Waals surface area contributed by atoms with Crippen molar-refractivity contribution in [2.75, 3.05) is 14.2 Å². The van der Waals surface area contributed by atoms with Crippen LogP contribution in [0.2, 0.25) is 0 Å². The van der Waals surface area contributed by atoms with Gasteiger partial charge in [0.1, 0.15) is 39.8 Å². The Bertz CT molecular complexity index is 1420. The first kappa shape index (κ1) is 30.3. The average Bonchev–Trinajstić information content (AvgIpc) is 2.94. The van der Waals surface area contributed by atoms with Crippen molar-refractivity contribution >= 4 is 23.3 Å². The summed E-state index contributed by atoms with van der Waals surface area (Å²) in [6, 6.07) is 27.3. The van der Waals surface area contributed by atoms with Crippen LogP contribution < -0.4 is 27.6 Å². The number of carbonyl (C=O) groups excluding carboxylic acids is 2. The first-order chi connectivity index (χ1) is 18.3. The van der Waals surface area contributed by atoms with Gasteiger partial charge in [-0.2, -0.15) is 0 Å². The lowest BCUT2D eigenvalue weighted by Gasteiger charge is -2.07. The Balaban J connectivity index is 0.000000268. The molecule has 0 heterocycles. The second-order valence-corrected chi connectivity index (χ2v) is 7.57. The van der Waals surface area contributed by atoms with E-state index >= 15 is 0 Å². The summed E-state index contributed by atoms with van der Waals surface area (Å²) >= 11 is 0. The molecule has 202 valence electrons. The molecule has 0 aromatic heterocycles. The molecule has 0 bridgehead atoms. The average molecular weight is 553 g/mol. The summed E-state index contributed by atoms with van der Waals surface area (Å²) in [6.45, 7) is 0. The molecule has 11 heteroatoms. The highest BCUT2D eigenvalue weighted by Crippen LogP contribution is 2.28. The number of hydrogen-bond donors (Lipinski definition) is 1. The van der Waals surface area contributed by atoms with Crippen LogP contribution in [0.5, 0.6) is 23.0 Å². The Morgan fingerprint density at radius 3 is 1.56 bits per heavy atom. The van der Waals surface area contributed by atoms with Gasteiger partial charge in [-0.1, -0.05) is 36.4 Å². The molecular weight excluding hydrogens is 528 g/mol. The number of esters is 2. The monoisotopic (exact) mass is 552 g/mol. The van der Waals surface area contributed by atoms with E-state index in [0.717, 1.165) is 7.11 Å². The minimum atomic E-state index is -0.782. The number of nitro groups is 1. The first-order valence-electron chi connectivity index (χ1n) is 11.2. The molecule has 39 heavy (non-hydrogen) atoms. The van der Waals surface area contributed by atoms with Gasteiger partial charge in [0.2, 0.25) is 0 Å². The summed E-state index contributed by atoms with van der Waals surface area (Å²) < 4.78 is 20.4. The molecule has 4 rings (SSSR count). The smallest absolute Gasteiger partial charge is 0.345 e. The van der Waals surface area contributed by atoms with Gasteiger partial charge in [-0.15, -0.1) is 0 Å². The number of nitrogens with zero attached hydrogens (tertiary/aromatic N) is 1. The van der Waals surface area contributed by atoms with E-state index in [4.69, 9.17) is 9.47 Å². The number of nitro benzene ring substituents is 1. The summed E-state index contributed by atoms with van der Waals surface area (Å²) in [6.07, 6.45) is 0. The van der Waals surface area contributed by atoms with E-state index in [-0.39, 0.29) is 23.7 Å². The van der Waals surface area contributed by atoms with Crippen molar-refractivity contribution in [2.24, 2.45) is 0 Å². The van der Waals surface area contributed by atoms with Crippen molar-refractivity contribution in [3.8, 4) is 23.0 Å². The fourth-order valence-electron chi connectivity index (χ4n) is 3.18. The van der Waals surface area contributed by atoms with Crippen molar-refractivity contribution < 1.29 is 51.6 Å². The number of para-hydroxylation sites is 2. The van der Waals surface area contributed by atoms with Crippen molar-refractivity contribution in [3.05, 3.63) is 118 Å². The summed E-state index contributed by atoms with van der Waals surface area (Å²) in [4.78, 5) is 33.3. The van der Waals surface area contributed by atoms with Crippen molar-refractivity contribution in [2.45, 2.75) is 0 Å². The van der Waals surface area contributed by atoms with Crippen LogP contribution in [-0.2, 0) is 9.47 Å². The third-order valence-electron chi connectivity index (χ3n) is 5.01. The fraction of sp³-hybridized carbons (Fsp3) is 0.0714. The topological polar surface area (TPSA) is 142 Å². The van der Waals surface area contributed by atoms with Gasteiger partial charge in [0.25, 0.3) is 5.69 Å². The highest BCUT2D eigenvalue weighted by molar-refractivity contribution is 5.94. The summed E-state index contributed by atoms with van der Waals surface area (Å²) in [5, 5.41) is 10.9. The Morgan fingerprint density at radius 1 is 0.667 bits per heavy atom. The molecule has 10 nitrogen and oxygen atoms in total. The van der Waals surface area contributed by atoms with Crippen LogP contribution in [-0.4, -0.2) is 31.1 Å². The van der Waals surface area contributed by atoms with Crippen LogP contribution in [0.4, 0.5) is 11.4 Å². The zero-order chi connectivity index (χ0) is 27.5. The van der Waals surface area contributed by atoms with E-state index in [1.165, 1.54) is 25.3 Å². The van der Waals surface area contributed by atoms with E-state index in [1.54, 1.807) is 42.5 Å². The van der Waals surface area contributed by atoms with Gasteiger partial charge < -0.3 is 37.1 Å². The largest absolute Gasteiger partial charge is 1.00 e. The first-order valence-corrected chi connectivity index (χ1v) is 11.2. The molecule has 0 radical (unpaired) electrons. The molecular formula is C28H25ClN2O8. The number of rotatable bonds is 7. The van der Waals surface area contributed by atoms with Crippen LogP contribution in [0.15, 0.2) is 97.1 Å². The van der Waals surface area contributed by atoms with Crippen LogP contribution in [0.3, 0.4) is 0 Å². The Kier molecular flexibility index (Phi) is 11.4. The minimum Gasteiger partial charge on any atom is -1.00 e. The van der Waals surface area contributed by atoms with Gasteiger partial charge in [0, 0.05) is 24.3 Å². The quantitative estimate of drug-likeness (QED) is 0.209. The van der Waals surface area contributed by atoms with Gasteiger partial charge in [0.05, 0.1) is 19.1 Å². The number of halogens is 1. The molecule has 0 saturated heterocycles. The van der Waals surface area contributed by atoms with Gasteiger partial charge >= 0.3 is 11.9 Å². The van der Waals surface area contributed by atoms with E-state index in [0.29, 0.717) is 34.2 Å². The second-order valence-electron chi connectivity index (χ2n) is 7.57. The van der Waals surface area contributed by atoms with E-state index < -0.39 is 16.9 Å². The predicted molar refractivity (Wildman–Crippen MR) is 138 cm³/mol. The van der Waals surface area contributed by atoms with Gasteiger partial charge in [0.15, 0.2) is 0 Å². The lowest BCUT2D eigenvalue weighted by Crippen LogP contribution is -3.00. The Morgan fingerprint density at radius 2 is 1.10 bits per heavy atom. The molecule has 0 unspecified atom stereocenters. The Labute approximate surface area is 230 Å². The van der Waals surface area contributed by atoms with Crippen molar-refractivity contribution in [3.63, 3.8) is 0 Å². The number of benzene rings is 4. The molecule has 4 aromatic rings. The molecule has 0 aliphatic heterocycles. The zero-order valence-corrected chi connectivity index (χ0v) is 21.8. The Hall–Kier alpha value is -4.93. The maximum atomic E-state index is 11.6. The normalized spacial score (nSPS) is 9.62. The van der Waals surface area contributed by atoms with Crippen LogP contribution >= 0.6 is 0 Å². The standard InChI is InChI=1S/C14H11NO5.C14H13NO3.ClH/c1-19-14(16)12-9-11(7-8-13(12)15(17)18)20-10-5-3-2-4-6-10;1-17-14(16)12-9-11(7-8-13(12)15)18-10-5-3-2-4-6-10;/h2-9H,1H3;2-9H,15H2,1H3;1H. The van der Waals surface area contributed by atoms with Crippen LogP contribution in [0.1, 0.15) is 20.7 Å². The van der Waals surface area contributed by atoms with Crippen molar-refractivity contribution in [1.82, 2.24) is 0 Å². The van der Waals surface area contributed by atoms with Gasteiger partial charge in [-0.05, 0) is 36.4 Å². The summed E-state index contributed by atoms with van der Waals surface area (Å²) in [5.74, 6) is 0.979. The maximum absolute atomic E-state index is 11.6. The SMILES string of the molecule is COC(=O)c1cc(Oc2ccccc2)ccc1[N+](=O)[O-].COC(=O)c1cc(Oc2ccccc2)ccc1[NH3+].[Cl-].